The molecule has 2 saturated carbocycles. The second-order valence-electron chi connectivity index (χ2n) is 11.2. The van der Waals surface area contributed by atoms with Gasteiger partial charge in [0.05, 0.1) is 30.3 Å². The molecule has 3 fully saturated rings. The Morgan fingerprint density at radius 1 is 1.07 bits per heavy atom. The zero-order valence-corrected chi connectivity index (χ0v) is 23.2. The van der Waals surface area contributed by atoms with Gasteiger partial charge in [0, 0.05) is 45.1 Å². The van der Waals surface area contributed by atoms with Gasteiger partial charge in [-0.15, -0.1) is 0 Å². The number of fused-ring (bicyclic) bond motifs is 2. The SMILES string of the molecule is CCC(=O)Cn1c(=O)c2c(ncn2C2(C(=O)Nc3ccnc(-c4cnc(N5CC6C(C5)C6(F)F)nc4)n3)CC2)n(C)c1=O. The number of ketones is 1. The van der Waals surface area contributed by atoms with Crippen LogP contribution in [0.5, 0.6) is 0 Å². The van der Waals surface area contributed by atoms with E-state index < -0.39 is 40.5 Å². The van der Waals surface area contributed by atoms with Crippen LogP contribution in [0.1, 0.15) is 26.2 Å². The highest BCUT2D eigenvalue weighted by Gasteiger charge is 2.72. The Labute approximate surface area is 241 Å². The highest BCUT2D eigenvalue weighted by atomic mass is 19.3. The largest absolute Gasteiger partial charge is 0.340 e. The number of nitrogens with one attached hydrogen (secondary N) is 1. The van der Waals surface area contributed by atoms with E-state index in [0.29, 0.717) is 24.4 Å². The molecule has 2 unspecified atom stereocenters. The smallest absolute Gasteiger partial charge is 0.332 e. The molecule has 5 heterocycles. The van der Waals surface area contributed by atoms with E-state index in [0.717, 1.165) is 4.57 Å². The van der Waals surface area contributed by atoms with E-state index in [-0.39, 0.29) is 54.6 Å². The number of carbonyl (C=O) groups excluding carboxylic acids is 2. The Kier molecular flexibility index (Phi) is 5.84. The fraction of sp³-hybridized carbons (Fsp3) is 0.444. The van der Waals surface area contributed by atoms with Gasteiger partial charge in [0.15, 0.2) is 22.8 Å². The van der Waals surface area contributed by atoms with Crippen molar-refractivity contribution in [3.8, 4) is 11.4 Å². The predicted octanol–water partition coefficient (Wildman–Crippen LogP) is 0.952. The van der Waals surface area contributed by atoms with Crippen molar-refractivity contribution in [1.29, 1.82) is 0 Å². The molecule has 1 N–H and O–H groups in total. The van der Waals surface area contributed by atoms with Crippen LogP contribution in [0, 0.1) is 11.8 Å². The summed E-state index contributed by atoms with van der Waals surface area (Å²) in [6, 6.07) is 1.52. The summed E-state index contributed by atoms with van der Waals surface area (Å²) in [5.41, 5.74) is -1.85. The number of hydrogen-bond acceptors (Lipinski definition) is 10. The number of Topliss-reactive ketones (excluding diaryl/α,β-unsaturated/α-hetero) is 1. The third kappa shape index (κ3) is 4.14. The highest BCUT2D eigenvalue weighted by Crippen LogP contribution is 2.59. The lowest BCUT2D eigenvalue weighted by atomic mass is 10.2. The molecule has 4 aromatic heterocycles. The summed E-state index contributed by atoms with van der Waals surface area (Å²) >= 11 is 0. The van der Waals surface area contributed by atoms with Crippen molar-refractivity contribution in [2.45, 2.75) is 44.2 Å². The van der Waals surface area contributed by atoms with Crippen molar-refractivity contribution in [2.24, 2.45) is 18.9 Å². The van der Waals surface area contributed by atoms with E-state index in [1.807, 2.05) is 0 Å². The van der Waals surface area contributed by atoms with E-state index in [2.05, 4.69) is 30.2 Å². The summed E-state index contributed by atoms with van der Waals surface area (Å²) in [6.45, 7) is 1.70. The van der Waals surface area contributed by atoms with Crippen molar-refractivity contribution < 1.29 is 18.4 Å². The molecular formula is C27H26F2N10O4. The first-order chi connectivity index (χ1) is 20.5. The van der Waals surface area contributed by atoms with Crippen molar-refractivity contribution >= 4 is 34.6 Å². The topological polar surface area (TPSA) is 163 Å². The predicted molar refractivity (Wildman–Crippen MR) is 148 cm³/mol. The molecule has 14 nitrogen and oxygen atoms in total. The van der Waals surface area contributed by atoms with E-state index in [4.69, 9.17) is 0 Å². The molecule has 0 spiro atoms. The van der Waals surface area contributed by atoms with E-state index in [1.165, 1.54) is 47.2 Å². The van der Waals surface area contributed by atoms with Crippen LogP contribution in [0.25, 0.3) is 22.6 Å². The number of nitrogens with zero attached hydrogens (tertiary/aromatic N) is 9. The second-order valence-corrected chi connectivity index (χ2v) is 11.2. The Morgan fingerprint density at radius 2 is 1.77 bits per heavy atom. The second kappa shape index (κ2) is 9.31. The minimum Gasteiger partial charge on any atom is -0.340 e. The van der Waals surface area contributed by atoms with Gasteiger partial charge in [-0.1, -0.05) is 6.92 Å². The summed E-state index contributed by atoms with van der Waals surface area (Å²) in [6.07, 6.45) is 6.83. The highest BCUT2D eigenvalue weighted by molar-refractivity contribution is 5.99. The lowest BCUT2D eigenvalue weighted by Gasteiger charge is -2.19. The average Bonchev–Trinajstić information content (AvgIpc) is 3.70. The Balaban J connectivity index is 1.12. The van der Waals surface area contributed by atoms with Gasteiger partial charge in [-0.25, -0.2) is 38.5 Å². The first kappa shape index (κ1) is 27.0. The number of imidazole rings is 1. The van der Waals surface area contributed by atoms with E-state index in [9.17, 15) is 28.0 Å². The van der Waals surface area contributed by atoms with E-state index in [1.54, 1.807) is 11.8 Å². The van der Waals surface area contributed by atoms with Gasteiger partial charge in [0.25, 0.3) is 17.4 Å². The number of alkyl halides is 2. The quantitative estimate of drug-likeness (QED) is 0.312. The van der Waals surface area contributed by atoms with Gasteiger partial charge >= 0.3 is 5.69 Å². The molecule has 0 bridgehead atoms. The van der Waals surface area contributed by atoms with Crippen LogP contribution in [-0.4, -0.2) is 69.3 Å². The van der Waals surface area contributed by atoms with Crippen molar-refractivity contribution in [3.05, 3.63) is 51.8 Å². The van der Waals surface area contributed by atoms with Crippen LogP contribution in [0.3, 0.4) is 0 Å². The summed E-state index contributed by atoms with van der Waals surface area (Å²) in [7, 11) is 1.46. The molecule has 0 radical (unpaired) electrons. The molecular weight excluding hydrogens is 566 g/mol. The number of amides is 1. The number of anilines is 2. The number of aryl methyl sites for hydroxylation is 1. The third-order valence-electron chi connectivity index (χ3n) is 8.64. The number of carbonyl (C=O) groups is 2. The molecule has 2 aliphatic carbocycles. The summed E-state index contributed by atoms with van der Waals surface area (Å²) in [4.78, 5) is 75.1. The van der Waals surface area contributed by atoms with Gasteiger partial charge < -0.3 is 14.8 Å². The standard InChI is InChI=1S/C27H26F2N10O4/c1-3-15(40)10-38-22(41)19-21(36(2)25(38)43)33-13-39(19)26(5-6-26)23(42)35-18-4-7-30-20(34-18)14-8-31-24(32-9-14)37-11-16-17(12-37)27(16,28)29/h4,7-9,13,16-17H,3,5-6,10-12H2,1-2H3,(H,30,34,35,42). The first-order valence-electron chi connectivity index (χ1n) is 13.8. The van der Waals surface area contributed by atoms with Crippen molar-refractivity contribution in [3.63, 3.8) is 0 Å². The van der Waals surface area contributed by atoms with Crippen LogP contribution in [0.2, 0.25) is 0 Å². The van der Waals surface area contributed by atoms with Crippen molar-refractivity contribution in [2.75, 3.05) is 23.3 Å². The Morgan fingerprint density at radius 3 is 2.42 bits per heavy atom. The number of halogens is 2. The summed E-state index contributed by atoms with van der Waals surface area (Å²) < 4.78 is 30.6. The molecule has 1 saturated heterocycles. The molecule has 4 aromatic rings. The monoisotopic (exact) mass is 592 g/mol. The molecule has 7 rings (SSSR count). The molecule has 43 heavy (non-hydrogen) atoms. The molecule has 2 atom stereocenters. The van der Waals surface area contributed by atoms with E-state index >= 15 is 0 Å². The lowest BCUT2D eigenvalue weighted by Crippen LogP contribution is -2.42. The first-order valence-corrected chi connectivity index (χ1v) is 13.8. The third-order valence-corrected chi connectivity index (χ3v) is 8.64. The molecule has 222 valence electrons. The average molecular weight is 593 g/mol. The lowest BCUT2D eigenvalue weighted by molar-refractivity contribution is -0.120. The number of rotatable bonds is 8. The maximum atomic E-state index is 13.6. The van der Waals surface area contributed by atoms with Gasteiger partial charge in [-0.2, -0.15) is 0 Å². The summed E-state index contributed by atoms with van der Waals surface area (Å²) in [5, 5.41) is 2.79. The molecule has 0 aromatic carbocycles. The van der Waals surface area contributed by atoms with Gasteiger partial charge in [-0.05, 0) is 18.9 Å². The number of hydrogen-bond donors (Lipinski definition) is 1. The Bertz CT molecular complexity index is 1910. The zero-order chi connectivity index (χ0) is 30.3. The minimum absolute atomic E-state index is 0.0540. The molecule has 1 amide bonds. The van der Waals surface area contributed by atoms with Crippen molar-refractivity contribution in [1.82, 2.24) is 38.6 Å². The Hall–Kier alpha value is -4.89. The zero-order valence-electron chi connectivity index (χ0n) is 23.2. The van der Waals surface area contributed by atoms with Crippen LogP contribution in [0.15, 0.2) is 40.6 Å². The maximum Gasteiger partial charge on any atom is 0.332 e. The minimum atomic E-state index is -2.59. The maximum absolute atomic E-state index is 13.6. The molecule has 3 aliphatic rings. The van der Waals surface area contributed by atoms with Crippen LogP contribution in [-0.2, 0) is 28.7 Å². The van der Waals surface area contributed by atoms with Crippen LogP contribution in [0.4, 0.5) is 20.5 Å². The number of aromatic nitrogens is 8. The molecule has 16 heteroatoms. The van der Waals surface area contributed by atoms with Gasteiger partial charge in [0.1, 0.15) is 11.4 Å². The van der Waals surface area contributed by atoms with Crippen LogP contribution >= 0.6 is 0 Å². The number of piperidine rings is 1. The van der Waals surface area contributed by atoms with Gasteiger partial charge in [0.2, 0.25) is 5.95 Å². The van der Waals surface area contributed by atoms with Crippen LogP contribution < -0.4 is 21.5 Å². The van der Waals surface area contributed by atoms with Gasteiger partial charge in [-0.3, -0.25) is 23.5 Å². The normalized spacial score (nSPS) is 21.1. The fourth-order valence-corrected chi connectivity index (χ4v) is 5.79. The molecule has 1 aliphatic heterocycles. The summed E-state index contributed by atoms with van der Waals surface area (Å²) in [5.74, 6) is -3.79. The fourth-order valence-electron chi connectivity index (χ4n) is 5.79.